The van der Waals surface area contributed by atoms with Crippen molar-refractivity contribution in [3.8, 4) is 5.75 Å². The minimum absolute atomic E-state index is 0.216. The second-order valence-electron chi connectivity index (χ2n) is 4.48. The van der Waals surface area contributed by atoms with E-state index in [0.29, 0.717) is 6.61 Å². The molecule has 2 aromatic rings. The van der Waals surface area contributed by atoms with E-state index < -0.39 is 6.04 Å². The van der Waals surface area contributed by atoms with Gasteiger partial charge in [0.15, 0.2) is 0 Å². The highest BCUT2D eigenvalue weighted by Crippen LogP contribution is 2.36. The summed E-state index contributed by atoms with van der Waals surface area (Å²) in [6.07, 6.45) is 0.770. The average molecular weight is 291 g/mol. The molecule has 2 rings (SSSR count). The summed E-state index contributed by atoms with van der Waals surface area (Å²) in [4.78, 5) is 23.5. The topological polar surface area (TPSA) is 55.4 Å². The summed E-state index contributed by atoms with van der Waals surface area (Å²) in [7, 11) is 0. The zero-order valence-corrected chi connectivity index (χ0v) is 12.5. The van der Waals surface area contributed by atoms with E-state index in [0.717, 1.165) is 32.6 Å². The normalized spacial score (nSPS) is 12.2. The molecular weight excluding hydrogens is 274 g/mol. The van der Waals surface area contributed by atoms with E-state index in [1.165, 1.54) is 6.92 Å². The maximum atomic E-state index is 11.3. The highest BCUT2D eigenvalue weighted by Gasteiger charge is 2.19. The van der Waals surface area contributed by atoms with Crippen LogP contribution in [0.25, 0.3) is 10.1 Å². The lowest BCUT2D eigenvalue weighted by atomic mass is 10.0. The highest BCUT2D eigenvalue weighted by molar-refractivity contribution is 7.19. The second-order valence-corrected chi connectivity index (χ2v) is 5.73. The standard InChI is InChI=1S/C15H17NO3S/c1-4-19-11-5-6-12-14(7-11)20-9(2)15(12)13(8-17)16-10(3)18/h5-8,13H,4H2,1-3H3,(H,16,18). The van der Waals surface area contributed by atoms with Crippen LogP contribution in [0.4, 0.5) is 0 Å². The Bertz CT molecular complexity index is 648. The van der Waals surface area contributed by atoms with Crippen molar-refractivity contribution in [3.63, 3.8) is 0 Å². The van der Waals surface area contributed by atoms with Crippen LogP contribution in [-0.2, 0) is 9.59 Å². The van der Waals surface area contributed by atoms with Gasteiger partial charge in [-0.25, -0.2) is 0 Å². The van der Waals surface area contributed by atoms with Crippen molar-refractivity contribution in [2.24, 2.45) is 0 Å². The summed E-state index contributed by atoms with van der Waals surface area (Å²) >= 11 is 1.60. The Morgan fingerprint density at radius 1 is 1.50 bits per heavy atom. The SMILES string of the molecule is CCOc1ccc2c(C(C=O)NC(C)=O)c(C)sc2c1. The first-order chi connectivity index (χ1) is 9.56. The molecule has 0 saturated heterocycles. The van der Waals surface area contributed by atoms with Crippen LogP contribution in [0, 0.1) is 6.92 Å². The number of aldehydes is 1. The van der Waals surface area contributed by atoms with Gasteiger partial charge in [0.2, 0.25) is 5.91 Å². The number of hydrogen-bond acceptors (Lipinski definition) is 4. The monoisotopic (exact) mass is 291 g/mol. The number of benzene rings is 1. The first kappa shape index (κ1) is 14.5. The van der Waals surface area contributed by atoms with Crippen LogP contribution in [0.2, 0.25) is 0 Å². The highest BCUT2D eigenvalue weighted by atomic mass is 32.1. The molecule has 0 aliphatic heterocycles. The molecule has 0 spiro atoms. The summed E-state index contributed by atoms with van der Waals surface area (Å²) in [5.41, 5.74) is 0.873. The van der Waals surface area contributed by atoms with E-state index in [2.05, 4.69) is 5.32 Å². The Balaban J connectivity index is 2.50. The number of carbonyl (C=O) groups excluding carboxylic acids is 2. The van der Waals surface area contributed by atoms with Gasteiger partial charge in [0.1, 0.15) is 18.1 Å². The number of fused-ring (bicyclic) bond motifs is 1. The molecule has 0 aliphatic rings. The molecule has 0 fully saturated rings. The molecular formula is C15H17NO3S. The lowest BCUT2D eigenvalue weighted by molar-refractivity contribution is -0.122. The Kier molecular flexibility index (Phi) is 4.39. The molecule has 20 heavy (non-hydrogen) atoms. The van der Waals surface area contributed by atoms with E-state index in [-0.39, 0.29) is 5.91 Å². The van der Waals surface area contributed by atoms with Gasteiger partial charge < -0.3 is 14.8 Å². The molecule has 0 aliphatic carbocycles. The van der Waals surface area contributed by atoms with Gasteiger partial charge in [-0.2, -0.15) is 0 Å². The van der Waals surface area contributed by atoms with Crippen molar-refractivity contribution in [2.75, 3.05) is 6.61 Å². The first-order valence-corrected chi connectivity index (χ1v) is 7.26. The minimum Gasteiger partial charge on any atom is -0.494 e. The lowest BCUT2D eigenvalue weighted by Crippen LogP contribution is -2.27. The fraction of sp³-hybridized carbons (Fsp3) is 0.333. The fourth-order valence-electron chi connectivity index (χ4n) is 2.26. The van der Waals surface area contributed by atoms with Crippen molar-refractivity contribution in [1.29, 1.82) is 0 Å². The molecule has 1 unspecified atom stereocenters. The summed E-state index contributed by atoms with van der Waals surface area (Å²) < 4.78 is 6.54. The molecule has 1 N–H and O–H groups in total. The predicted octanol–water partition coefficient (Wildman–Crippen LogP) is 2.98. The molecule has 106 valence electrons. The Morgan fingerprint density at radius 2 is 2.25 bits per heavy atom. The van der Waals surface area contributed by atoms with Gasteiger partial charge in [-0.15, -0.1) is 11.3 Å². The smallest absolute Gasteiger partial charge is 0.217 e. The van der Waals surface area contributed by atoms with Crippen molar-refractivity contribution in [1.82, 2.24) is 5.32 Å². The number of thiophene rings is 1. The lowest BCUT2D eigenvalue weighted by Gasteiger charge is -2.12. The number of aryl methyl sites for hydroxylation is 1. The van der Waals surface area contributed by atoms with Crippen molar-refractivity contribution in [2.45, 2.75) is 26.8 Å². The molecule has 1 aromatic carbocycles. The number of nitrogens with one attached hydrogen (secondary N) is 1. The molecule has 1 heterocycles. The van der Waals surface area contributed by atoms with Crippen molar-refractivity contribution >= 4 is 33.6 Å². The Labute approximate surface area is 121 Å². The van der Waals surface area contributed by atoms with Gasteiger partial charge in [0, 0.05) is 22.1 Å². The molecule has 4 nitrogen and oxygen atoms in total. The van der Waals surface area contributed by atoms with Crippen LogP contribution >= 0.6 is 11.3 Å². The van der Waals surface area contributed by atoms with Crippen LogP contribution in [0.5, 0.6) is 5.75 Å². The number of rotatable bonds is 5. The van der Waals surface area contributed by atoms with Gasteiger partial charge in [0.25, 0.3) is 0 Å². The maximum Gasteiger partial charge on any atom is 0.217 e. The number of amides is 1. The molecule has 0 bridgehead atoms. The maximum absolute atomic E-state index is 11.3. The van der Waals surface area contributed by atoms with Crippen LogP contribution in [0.3, 0.4) is 0 Å². The van der Waals surface area contributed by atoms with E-state index in [1.807, 2.05) is 32.0 Å². The third kappa shape index (κ3) is 2.82. The van der Waals surface area contributed by atoms with Gasteiger partial charge in [-0.1, -0.05) is 0 Å². The van der Waals surface area contributed by atoms with Gasteiger partial charge in [-0.05, 0) is 37.4 Å². The zero-order valence-electron chi connectivity index (χ0n) is 11.7. The Morgan fingerprint density at radius 3 is 2.85 bits per heavy atom. The van der Waals surface area contributed by atoms with Gasteiger partial charge in [-0.3, -0.25) is 4.79 Å². The molecule has 1 atom stereocenters. The summed E-state index contributed by atoms with van der Waals surface area (Å²) in [5.74, 6) is 0.599. The molecule has 0 saturated carbocycles. The zero-order chi connectivity index (χ0) is 14.7. The van der Waals surface area contributed by atoms with Gasteiger partial charge in [0.05, 0.1) is 6.61 Å². The largest absolute Gasteiger partial charge is 0.494 e. The molecule has 1 aromatic heterocycles. The third-order valence-electron chi connectivity index (χ3n) is 3.00. The quantitative estimate of drug-likeness (QED) is 0.862. The van der Waals surface area contributed by atoms with Crippen molar-refractivity contribution in [3.05, 3.63) is 28.6 Å². The van der Waals surface area contributed by atoms with E-state index in [9.17, 15) is 9.59 Å². The number of hydrogen-bond donors (Lipinski definition) is 1. The van der Waals surface area contributed by atoms with E-state index in [1.54, 1.807) is 11.3 Å². The summed E-state index contributed by atoms with van der Waals surface area (Å²) in [5, 5.41) is 3.66. The summed E-state index contributed by atoms with van der Waals surface area (Å²) in [6, 6.07) is 5.20. The minimum atomic E-state index is -0.598. The van der Waals surface area contributed by atoms with Crippen molar-refractivity contribution < 1.29 is 14.3 Å². The number of ether oxygens (including phenoxy) is 1. The van der Waals surface area contributed by atoms with Crippen LogP contribution in [0.15, 0.2) is 18.2 Å². The van der Waals surface area contributed by atoms with E-state index >= 15 is 0 Å². The predicted molar refractivity (Wildman–Crippen MR) is 80.4 cm³/mol. The van der Waals surface area contributed by atoms with Crippen LogP contribution < -0.4 is 10.1 Å². The molecule has 5 heteroatoms. The third-order valence-corrected chi connectivity index (χ3v) is 4.09. The van der Waals surface area contributed by atoms with Crippen LogP contribution in [0.1, 0.15) is 30.3 Å². The fourth-order valence-corrected chi connectivity index (χ4v) is 3.40. The molecule has 0 radical (unpaired) electrons. The summed E-state index contributed by atoms with van der Waals surface area (Å²) in [6.45, 7) is 5.92. The molecule has 1 amide bonds. The first-order valence-electron chi connectivity index (χ1n) is 6.45. The second kappa shape index (κ2) is 6.05. The number of carbonyl (C=O) groups is 2. The Hall–Kier alpha value is -1.88. The van der Waals surface area contributed by atoms with Gasteiger partial charge >= 0.3 is 0 Å². The van der Waals surface area contributed by atoms with E-state index in [4.69, 9.17) is 4.74 Å². The van der Waals surface area contributed by atoms with Crippen LogP contribution in [-0.4, -0.2) is 18.8 Å². The average Bonchev–Trinajstić information content (AvgIpc) is 2.71.